The van der Waals surface area contributed by atoms with Crippen LogP contribution in [0.3, 0.4) is 0 Å². The van der Waals surface area contributed by atoms with Gasteiger partial charge in [0.2, 0.25) is 0 Å². The van der Waals surface area contributed by atoms with Crippen LogP contribution < -0.4 is 0 Å². The van der Waals surface area contributed by atoms with Crippen molar-refractivity contribution in [3.63, 3.8) is 0 Å². The summed E-state index contributed by atoms with van der Waals surface area (Å²) in [5, 5.41) is 1.59. The van der Waals surface area contributed by atoms with Crippen molar-refractivity contribution in [1.82, 2.24) is 0 Å². The van der Waals surface area contributed by atoms with E-state index in [1.165, 1.54) is 17.4 Å². The van der Waals surface area contributed by atoms with Crippen LogP contribution in [0.1, 0.15) is 26.3 Å². The minimum absolute atomic E-state index is 0.217. The van der Waals surface area contributed by atoms with Gasteiger partial charge in [0.25, 0.3) is 0 Å². The van der Waals surface area contributed by atoms with E-state index in [2.05, 4.69) is 0 Å². The average molecular weight is 276 g/mol. The quantitative estimate of drug-likeness (QED) is 0.499. The molecule has 0 saturated heterocycles. The Balaban J connectivity index is 2.45. The fraction of sp³-hybridized carbons (Fsp3) is 0.250. The van der Waals surface area contributed by atoms with E-state index in [4.69, 9.17) is 0 Å². The molecule has 0 aliphatic carbocycles. The van der Waals surface area contributed by atoms with Gasteiger partial charge in [-0.15, -0.1) is 11.3 Å². The lowest BCUT2D eigenvalue weighted by Crippen LogP contribution is -2.13. The molecule has 1 aromatic heterocycles. The predicted molar refractivity (Wildman–Crippen MR) is 77.9 cm³/mol. The second kappa shape index (κ2) is 4.01. The van der Waals surface area contributed by atoms with Gasteiger partial charge in [0, 0.05) is 10.8 Å². The molecule has 0 fully saturated rings. The van der Waals surface area contributed by atoms with E-state index in [1.807, 2.05) is 39.0 Å². The van der Waals surface area contributed by atoms with Gasteiger partial charge in [0.15, 0.2) is 0 Å². The summed E-state index contributed by atoms with van der Waals surface area (Å²) < 4.78 is 29.5. The van der Waals surface area contributed by atoms with Crippen LogP contribution in [0.2, 0.25) is 0 Å². The molecule has 2 aromatic carbocycles. The van der Waals surface area contributed by atoms with E-state index in [1.54, 1.807) is 6.07 Å². The largest absolute Gasteiger partial charge is 0.205 e. The molecule has 3 rings (SSSR count). The van der Waals surface area contributed by atoms with Gasteiger partial charge in [-0.1, -0.05) is 45.0 Å². The zero-order valence-corrected chi connectivity index (χ0v) is 11.9. The highest BCUT2D eigenvalue weighted by Crippen LogP contribution is 2.39. The molecule has 0 nitrogen and oxygen atoms in total. The first-order chi connectivity index (χ1) is 8.89. The fourth-order valence-electron chi connectivity index (χ4n) is 2.37. The highest BCUT2D eigenvalue weighted by atomic mass is 32.1. The SMILES string of the molecule is CC(C)(C)c1ccc2c(sc3c(F)cccc32)c1F. The molecule has 0 bridgehead atoms. The standard InChI is InChI=1S/C16H14F2S/c1-16(2,3)11-8-7-10-9-5-4-6-12(17)14(9)19-15(10)13(11)18/h4-8H,1-3H3. The maximum atomic E-state index is 14.6. The predicted octanol–water partition coefficient (Wildman–Crippen LogP) is 5.63. The Bertz CT molecular complexity index is 779. The molecule has 1 heterocycles. The van der Waals surface area contributed by atoms with Gasteiger partial charge in [-0.2, -0.15) is 0 Å². The molecular weight excluding hydrogens is 262 g/mol. The van der Waals surface area contributed by atoms with Crippen molar-refractivity contribution in [2.24, 2.45) is 0 Å². The molecular formula is C16H14F2S. The van der Waals surface area contributed by atoms with E-state index in [9.17, 15) is 8.78 Å². The minimum atomic E-state index is -0.282. The molecule has 3 heteroatoms. The van der Waals surface area contributed by atoms with Crippen LogP contribution in [-0.2, 0) is 5.41 Å². The number of benzene rings is 2. The molecule has 0 radical (unpaired) electrons. The minimum Gasteiger partial charge on any atom is -0.205 e. The van der Waals surface area contributed by atoms with Gasteiger partial charge in [0.1, 0.15) is 11.6 Å². The van der Waals surface area contributed by atoms with E-state index < -0.39 is 0 Å². The number of rotatable bonds is 0. The molecule has 3 aromatic rings. The van der Waals surface area contributed by atoms with Gasteiger partial charge < -0.3 is 0 Å². The van der Waals surface area contributed by atoms with Crippen LogP contribution in [0.15, 0.2) is 30.3 Å². The molecule has 98 valence electrons. The molecule has 0 atom stereocenters. The number of fused-ring (bicyclic) bond motifs is 3. The van der Waals surface area contributed by atoms with Crippen molar-refractivity contribution >= 4 is 31.5 Å². The maximum absolute atomic E-state index is 14.6. The third-order valence-corrected chi connectivity index (χ3v) is 4.59. The topological polar surface area (TPSA) is 0 Å². The number of thiophene rings is 1. The zero-order valence-electron chi connectivity index (χ0n) is 11.1. The van der Waals surface area contributed by atoms with E-state index >= 15 is 0 Å². The Morgan fingerprint density at radius 2 is 1.58 bits per heavy atom. The Morgan fingerprint density at radius 3 is 2.26 bits per heavy atom. The molecule has 0 spiro atoms. The molecule has 0 saturated carbocycles. The summed E-state index contributed by atoms with van der Waals surface area (Å²) in [5.74, 6) is -0.499. The van der Waals surface area contributed by atoms with E-state index in [0.717, 1.165) is 10.8 Å². The lowest BCUT2D eigenvalue weighted by Gasteiger charge is -2.19. The van der Waals surface area contributed by atoms with Crippen molar-refractivity contribution < 1.29 is 8.78 Å². The third-order valence-electron chi connectivity index (χ3n) is 3.37. The molecule has 0 amide bonds. The second-order valence-electron chi connectivity index (χ2n) is 5.77. The molecule has 0 aliphatic rings. The van der Waals surface area contributed by atoms with Gasteiger partial charge >= 0.3 is 0 Å². The highest BCUT2D eigenvalue weighted by Gasteiger charge is 2.22. The summed E-state index contributed by atoms with van der Waals surface area (Å²) in [7, 11) is 0. The van der Waals surface area contributed by atoms with Crippen molar-refractivity contribution in [3.8, 4) is 0 Å². The normalized spacial score (nSPS) is 12.5. The van der Waals surface area contributed by atoms with Gasteiger partial charge in [-0.3, -0.25) is 0 Å². The number of hydrogen-bond acceptors (Lipinski definition) is 1. The van der Waals surface area contributed by atoms with Crippen LogP contribution >= 0.6 is 11.3 Å². The summed E-state index contributed by atoms with van der Waals surface area (Å²) in [4.78, 5) is 0. The molecule has 19 heavy (non-hydrogen) atoms. The van der Waals surface area contributed by atoms with Gasteiger partial charge in [-0.05, 0) is 17.0 Å². The summed E-state index contributed by atoms with van der Waals surface area (Å²) in [6.07, 6.45) is 0. The number of hydrogen-bond donors (Lipinski definition) is 0. The maximum Gasteiger partial charge on any atom is 0.144 e. The van der Waals surface area contributed by atoms with Gasteiger partial charge in [-0.25, -0.2) is 8.78 Å². The monoisotopic (exact) mass is 276 g/mol. The Kier molecular flexibility index (Phi) is 2.65. The average Bonchev–Trinajstić information content (AvgIpc) is 2.69. The lowest BCUT2D eigenvalue weighted by molar-refractivity contribution is 0.530. The van der Waals surface area contributed by atoms with Crippen molar-refractivity contribution in [3.05, 3.63) is 47.5 Å². The number of halogens is 2. The van der Waals surface area contributed by atoms with E-state index in [0.29, 0.717) is 15.0 Å². The Hall–Kier alpha value is -1.48. The molecule has 0 N–H and O–H groups in total. The third kappa shape index (κ3) is 1.84. The highest BCUT2D eigenvalue weighted by molar-refractivity contribution is 7.25. The fourth-order valence-corrected chi connectivity index (χ4v) is 3.52. The van der Waals surface area contributed by atoms with Crippen molar-refractivity contribution in [2.45, 2.75) is 26.2 Å². The smallest absolute Gasteiger partial charge is 0.144 e. The zero-order chi connectivity index (χ0) is 13.8. The first-order valence-electron chi connectivity index (χ1n) is 6.19. The summed E-state index contributed by atoms with van der Waals surface area (Å²) in [6.45, 7) is 5.93. The molecule has 0 aliphatic heterocycles. The summed E-state index contributed by atoms with van der Waals surface area (Å²) in [5.41, 5.74) is 0.416. The Morgan fingerprint density at radius 1 is 0.895 bits per heavy atom. The second-order valence-corrected chi connectivity index (χ2v) is 6.79. The van der Waals surface area contributed by atoms with Crippen LogP contribution in [0.5, 0.6) is 0 Å². The van der Waals surface area contributed by atoms with Crippen LogP contribution in [0, 0.1) is 11.6 Å². The van der Waals surface area contributed by atoms with Crippen molar-refractivity contribution in [2.75, 3.05) is 0 Å². The molecule has 0 unspecified atom stereocenters. The van der Waals surface area contributed by atoms with E-state index in [-0.39, 0.29) is 17.0 Å². The van der Waals surface area contributed by atoms with Gasteiger partial charge in [0.05, 0.1) is 9.40 Å². The lowest BCUT2D eigenvalue weighted by atomic mass is 9.86. The van der Waals surface area contributed by atoms with Crippen molar-refractivity contribution in [1.29, 1.82) is 0 Å². The van der Waals surface area contributed by atoms with Crippen LogP contribution in [0.25, 0.3) is 20.2 Å². The Labute approximate surface area is 114 Å². The first kappa shape index (κ1) is 12.5. The first-order valence-corrected chi connectivity index (χ1v) is 7.01. The van der Waals surface area contributed by atoms with Crippen LogP contribution in [-0.4, -0.2) is 0 Å². The van der Waals surface area contributed by atoms with Crippen LogP contribution in [0.4, 0.5) is 8.78 Å². The summed E-state index contributed by atoms with van der Waals surface area (Å²) >= 11 is 1.20. The summed E-state index contributed by atoms with van der Waals surface area (Å²) in [6, 6.07) is 8.64.